The quantitative estimate of drug-likeness (QED) is 0.717. The lowest BCUT2D eigenvalue weighted by Crippen LogP contribution is -2.63. The lowest BCUT2D eigenvalue weighted by molar-refractivity contribution is -0.00773. The van der Waals surface area contributed by atoms with E-state index < -0.39 is 0 Å². The fourth-order valence-electron chi connectivity index (χ4n) is 3.05. The highest BCUT2D eigenvalue weighted by Crippen LogP contribution is 2.19. The van der Waals surface area contributed by atoms with Gasteiger partial charge in [-0.2, -0.15) is 0 Å². The van der Waals surface area contributed by atoms with Crippen molar-refractivity contribution in [2.75, 3.05) is 52.4 Å². The Morgan fingerprint density at radius 2 is 2.00 bits per heavy atom. The van der Waals surface area contributed by atoms with Crippen LogP contribution in [-0.2, 0) is 4.74 Å². The number of hydrogen-bond donors (Lipinski definition) is 1. The highest BCUT2D eigenvalue weighted by Gasteiger charge is 2.33. The molecule has 3 saturated heterocycles. The third kappa shape index (κ3) is 2.40. The third-order valence-corrected chi connectivity index (χ3v) is 4.09. The molecule has 3 heterocycles. The maximum atomic E-state index is 5.67. The van der Waals surface area contributed by atoms with Crippen LogP contribution < -0.4 is 5.32 Å². The Morgan fingerprint density at radius 1 is 1.19 bits per heavy atom. The molecule has 16 heavy (non-hydrogen) atoms. The molecule has 1 atom stereocenters. The predicted molar refractivity (Wildman–Crippen MR) is 63.6 cm³/mol. The molecule has 4 heteroatoms. The number of nitrogens with one attached hydrogen (secondary N) is 1. The van der Waals surface area contributed by atoms with Crippen LogP contribution in [0.3, 0.4) is 0 Å². The van der Waals surface area contributed by atoms with Crippen molar-refractivity contribution in [3.63, 3.8) is 0 Å². The topological polar surface area (TPSA) is 27.7 Å². The van der Waals surface area contributed by atoms with Gasteiger partial charge in [0.2, 0.25) is 0 Å². The van der Waals surface area contributed by atoms with Gasteiger partial charge < -0.3 is 10.1 Å². The first kappa shape index (κ1) is 11.0. The normalized spacial score (nSPS) is 34.1. The Morgan fingerprint density at radius 3 is 2.69 bits per heavy atom. The van der Waals surface area contributed by atoms with Crippen molar-refractivity contribution in [1.29, 1.82) is 0 Å². The Bertz CT molecular complexity index is 218. The maximum absolute atomic E-state index is 5.67. The third-order valence-electron chi connectivity index (χ3n) is 4.09. The van der Waals surface area contributed by atoms with Crippen molar-refractivity contribution < 1.29 is 4.74 Å². The van der Waals surface area contributed by atoms with Crippen LogP contribution in [0.5, 0.6) is 0 Å². The van der Waals surface area contributed by atoms with Gasteiger partial charge in [0.25, 0.3) is 0 Å². The molecule has 0 saturated carbocycles. The van der Waals surface area contributed by atoms with E-state index >= 15 is 0 Å². The molecule has 0 aliphatic carbocycles. The molecular weight excluding hydrogens is 202 g/mol. The maximum Gasteiger partial charge on any atom is 0.0702 e. The van der Waals surface area contributed by atoms with Crippen LogP contribution in [0.4, 0.5) is 0 Å². The van der Waals surface area contributed by atoms with Crippen molar-refractivity contribution in [1.82, 2.24) is 15.1 Å². The zero-order valence-electron chi connectivity index (χ0n) is 10.0. The van der Waals surface area contributed by atoms with Gasteiger partial charge in [0, 0.05) is 58.5 Å². The van der Waals surface area contributed by atoms with Crippen molar-refractivity contribution in [2.45, 2.75) is 25.0 Å². The number of ether oxygens (including phenoxy) is 1. The highest BCUT2D eigenvalue weighted by molar-refractivity contribution is 4.91. The largest absolute Gasteiger partial charge is 0.377 e. The fraction of sp³-hybridized carbons (Fsp3) is 1.00. The Labute approximate surface area is 97.9 Å². The highest BCUT2D eigenvalue weighted by atomic mass is 16.5. The van der Waals surface area contributed by atoms with Crippen molar-refractivity contribution in [2.24, 2.45) is 0 Å². The van der Waals surface area contributed by atoms with E-state index in [4.69, 9.17) is 4.74 Å². The number of nitrogens with zero attached hydrogens (tertiary/aromatic N) is 2. The molecule has 3 aliphatic heterocycles. The second-order valence-electron chi connectivity index (χ2n) is 5.29. The van der Waals surface area contributed by atoms with Crippen molar-refractivity contribution in [3.05, 3.63) is 0 Å². The molecule has 4 nitrogen and oxygen atoms in total. The summed E-state index contributed by atoms with van der Waals surface area (Å²) in [6, 6.07) is 0.823. The summed E-state index contributed by atoms with van der Waals surface area (Å²) < 4.78 is 5.67. The monoisotopic (exact) mass is 225 g/mol. The summed E-state index contributed by atoms with van der Waals surface area (Å²) in [5, 5.41) is 3.41. The predicted octanol–water partition coefficient (Wildman–Crippen LogP) is -0.245. The van der Waals surface area contributed by atoms with Crippen LogP contribution >= 0.6 is 0 Å². The first-order valence-electron chi connectivity index (χ1n) is 6.70. The van der Waals surface area contributed by atoms with Crippen molar-refractivity contribution >= 4 is 0 Å². The van der Waals surface area contributed by atoms with Gasteiger partial charge in [-0.15, -0.1) is 0 Å². The second kappa shape index (κ2) is 5.00. The Kier molecular flexibility index (Phi) is 3.43. The molecule has 0 bridgehead atoms. The minimum Gasteiger partial charge on any atom is -0.377 e. The van der Waals surface area contributed by atoms with E-state index in [-0.39, 0.29) is 0 Å². The smallest absolute Gasteiger partial charge is 0.0702 e. The van der Waals surface area contributed by atoms with E-state index in [2.05, 4.69) is 15.1 Å². The molecule has 0 aromatic rings. The summed E-state index contributed by atoms with van der Waals surface area (Å²) in [4.78, 5) is 5.20. The fourth-order valence-corrected chi connectivity index (χ4v) is 3.05. The molecule has 92 valence electrons. The first-order valence-corrected chi connectivity index (χ1v) is 6.70. The van der Waals surface area contributed by atoms with E-state index in [1.807, 2.05) is 0 Å². The standard InChI is InChI=1S/C12H23N3O/c1-2-12(16-7-1)10-14-8-11(9-14)15-5-3-13-4-6-15/h11-13H,1-10H2. The molecule has 3 aliphatic rings. The second-order valence-corrected chi connectivity index (χ2v) is 5.29. The Balaban J connectivity index is 1.37. The molecule has 1 N–H and O–H groups in total. The molecule has 3 fully saturated rings. The van der Waals surface area contributed by atoms with Crippen LogP contribution in [0.1, 0.15) is 12.8 Å². The van der Waals surface area contributed by atoms with Crippen LogP contribution in [0.2, 0.25) is 0 Å². The molecule has 3 rings (SSSR count). The van der Waals surface area contributed by atoms with Gasteiger partial charge in [-0.25, -0.2) is 0 Å². The molecular formula is C12H23N3O. The van der Waals surface area contributed by atoms with E-state index in [0.717, 1.165) is 12.6 Å². The van der Waals surface area contributed by atoms with E-state index in [1.54, 1.807) is 0 Å². The van der Waals surface area contributed by atoms with Crippen LogP contribution in [0, 0.1) is 0 Å². The summed E-state index contributed by atoms with van der Waals surface area (Å²) in [5.41, 5.74) is 0. The average Bonchev–Trinajstić information content (AvgIpc) is 2.77. The van der Waals surface area contributed by atoms with Crippen LogP contribution in [-0.4, -0.2) is 74.4 Å². The average molecular weight is 225 g/mol. The molecule has 0 amide bonds. The van der Waals surface area contributed by atoms with Gasteiger partial charge in [-0.05, 0) is 12.8 Å². The summed E-state index contributed by atoms with van der Waals surface area (Å²) in [6.45, 7) is 9.49. The van der Waals surface area contributed by atoms with Gasteiger partial charge in [-0.3, -0.25) is 9.80 Å². The molecule has 1 unspecified atom stereocenters. The first-order chi connectivity index (χ1) is 7.92. The minimum atomic E-state index is 0.531. The van der Waals surface area contributed by atoms with E-state index in [0.29, 0.717) is 6.10 Å². The summed E-state index contributed by atoms with van der Waals surface area (Å²) in [5.74, 6) is 0. The van der Waals surface area contributed by atoms with Gasteiger partial charge in [0.1, 0.15) is 0 Å². The SMILES string of the molecule is C1COC(CN2CC(N3CCNCC3)C2)C1. The summed E-state index contributed by atoms with van der Waals surface area (Å²) in [7, 11) is 0. The lowest BCUT2D eigenvalue weighted by Gasteiger charge is -2.47. The molecule has 0 aromatic heterocycles. The van der Waals surface area contributed by atoms with Crippen LogP contribution in [0.15, 0.2) is 0 Å². The zero-order valence-corrected chi connectivity index (χ0v) is 10.0. The molecule has 0 spiro atoms. The van der Waals surface area contributed by atoms with Gasteiger partial charge >= 0.3 is 0 Å². The van der Waals surface area contributed by atoms with Crippen molar-refractivity contribution in [3.8, 4) is 0 Å². The van der Waals surface area contributed by atoms with E-state index in [9.17, 15) is 0 Å². The summed E-state index contributed by atoms with van der Waals surface area (Å²) >= 11 is 0. The number of rotatable bonds is 3. The number of hydrogen-bond acceptors (Lipinski definition) is 4. The summed E-state index contributed by atoms with van der Waals surface area (Å²) in [6.07, 6.45) is 3.07. The van der Waals surface area contributed by atoms with Gasteiger partial charge in [0.05, 0.1) is 6.10 Å². The number of likely N-dealkylation sites (tertiary alicyclic amines) is 1. The van der Waals surface area contributed by atoms with Gasteiger partial charge in [-0.1, -0.05) is 0 Å². The Hall–Kier alpha value is -0.160. The minimum absolute atomic E-state index is 0.531. The number of piperazine rings is 1. The van der Waals surface area contributed by atoms with Gasteiger partial charge in [0.15, 0.2) is 0 Å². The zero-order chi connectivity index (χ0) is 10.8. The lowest BCUT2D eigenvalue weighted by atomic mass is 10.0. The van der Waals surface area contributed by atoms with Crippen LogP contribution in [0.25, 0.3) is 0 Å². The molecule has 0 radical (unpaired) electrons. The van der Waals surface area contributed by atoms with E-state index in [1.165, 1.54) is 58.7 Å². The molecule has 0 aromatic carbocycles.